The smallest absolute Gasteiger partial charge is 0.307 e. The molecule has 21 heavy (non-hydrogen) atoms. The Hall–Kier alpha value is -1.36. The van der Waals surface area contributed by atoms with Crippen molar-refractivity contribution in [2.45, 2.75) is 46.1 Å². The number of carboxylic acids is 1. The summed E-state index contributed by atoms with van der Waals surface area (Å²) in [6, 6.07) is 2.08. The molecule has 4 nitrogen and oxygen atoms in total. The van der Waals surface area contributed by atoms with E-state index in [0.29, 0.717) is 25.3 Å². The molecule has 0 radical (unpaired) electrons. The number of aryl methyl sites for hydroxylation is 1. The number of aliphatic carboxylic acids is 1. The van der Waals surface area contributed by atoms with E-state index < -0.39 is 11.9 Å². The van der Waals surface area contributed by atoms with Crippen molar-refractivity contribution in [1.82, 2.24) is 5.32 Å². The number of amides is 1. The van der Waals surface area contributed by atoms with E-state index in [-0.39, 0.29) is 11.8 Å². The maximum absolute atomic E-state index is 12.3. The van der Waals surface area contributed by atoms with Crippen LogP contribution in [0.2, 0.25) is 0 Å². The quantitative estimate of drug-likeness (QED) is 0.848. The van der Waals surface area contributed by atoms with Gasteiger partial charge in [0.15, 0.2) is 0 Å². The molecule has 1 amide bonds. The molecule has 1 unspecified atom stereocenters. The molecule has 1 aromatic heterocycles. The molecule has 0 spiro atoms. The van der Waals surface area contributed by atoms with E-state index in [1.165, 1.54) is 10.4 Å². The third-order valence-electron chi connectivity index (χ3n) is 4.53. The molecule has 116 valence electrons. The maximum atomic E-state index is 12.3. The van der Waals surface area contributed by atoms with Crippen LogP contribution in [0, 0.1) is 17.8 Å². The van der Waals surface area contributed by atoms with Crippen LogP contribution in [0.3, 0.4) is 0 Å². The molecular weight excluding hydrogens is 286 g/mol. The van der Waals surface area contributed by atoms with Crippen molar-refractivity contribution in [3.8, 4) is 0 Å². The van der Waals surface area contributed by atoms with Gasteiger partial charge in [0.25, 0.3) is 0 Å². The number of nitrogens with one attached hydrogen (secondary N) is 1. The first-order valence-electron chi connectivity index (χ1n) is 7.62. The zero-order chi connectivity index (χ0) is 15.4. The van der Waals surface area contributed by atoms with Crippen molar-refractivity contribution in [3.05, 3.63) is 21.9 Å². The van der Waals surface area contributed by atoms with Crippen molar-refractivity contribution < 1.29 is 14.7 Å². The molecule has 1 aromatic rings. The van der Waals surface area contributed by atoms with Crippen LogP contribution in [-0.2, 0) is 22.6 Å². The highest BCUT2D eigenvalue weighted by Crippen LogP contribution is 2.38. The molecule has 0 bridgehead atoms. The molecular formula is C16H23NO3S. The first-order valence-corrected chi connectivity index (χ1v) is 8.50. The van der Waals surface area contributed by atoms with Gasteiger partial charge in [0.2, 0.25) is 5.91 Å². The Labute approximate surface area is 129 Å². The van der Waals surface area contributed by atoms with E-state index in [0.717, 1.165) is 12.8 Å². The highest BCUT2D eigenvalue weighted by Gasteiger charge is 2.41. The summed E-state index contributed by atoms with van der Waals surface area (Å²) in [7, 11) is 0. The lowest BCUT2D eigenvalue weighted by Crippen LogP contribution is -2.34. The standard InChI is InChI=1S/C16H23NO3S/c1-3-10-7-12(13(8-10)16(19)20)15(18)17-9-14-11(4-2)5-6-21-14/h5-6,10,12-13H,3-4,7-9H2,1-2H3,(H,17,18)(H,19,20)/t10?,12-,13+/m0/s1. The molecule has 3 atom stereocenters. The van der Waals surface area contributed by atoms with Crippen molar-refractivity contribution in [3.63, 3.8) is 0 Å². The summed E-state index contributed by atoms with van der Waals surface area (Å²) in [6.45, 7) is 4.67. The lowest BCUT2D eigenvalue weighted by Gasteiger charge is -2.15. The fraction of sp³-hybridized carbons (Fsp3) is 0.625. The minimum Gasteiger partial charge on any atom is -0.481 e. The molecule has 2 rings (SSSR count). The number of carbonyl (C=O) groups is 2. The summed E-state index contributed by atoms with van der Waals surface area (Å²) < 4.78 is 0. The second kappa shape index (κ2) is 7.07. The van der Waals surface area contributed by atoms with E-state index in [4.69, 9.17) is 0 Å². The van der Waals surface area contributed by atoms with E-state index in [2.05, 4.69) is 25.2 Å². The first-order chi connectivity index (χ1) is 10.1. The van der Waals surface area contributed by atoms with Gasteiger partial charge in [-0.1, -0.05) is 20.3 Å². The van der Waals surface area contributed by atoms with E-state index >= 15 is 0 Å². The van der Waals surface area contributed by atoms with Gasteiger partial charge in [-0.3, -0.25) is 9.59 Å². The van der Waals surface area contributed by atoms with Crippen LogP contribution in [0.25, 0.3) is 0 Å². The molecule has 0 aliphatic heterocycles. The second-order valence-electron chi connectivity index (χ2n) is 5.74. The Morgan fingerprint density at radius 3 is 2.67 bits per heavy atom. The summed E-state index contributed by atoms with van der Waals surface area (Å²) in [4.78, 5) is 24.8. The van der Waals surface area contributed by atoms with Gasteiger partial charge >= 0.3 is 5.97 Å². The average Bonchev–Trinajstić information content (AvgIpc) is 3.10. The molecule has 1 fully saturated rings. The Morgan fingerprint density at radius 1 is 1.33 bits per heavy atom. The van der Waals surface area contributed by atoms with Crippen molar-refractivity contribution in [2.24, 2.45) is 17.8 Å². The third-order valence-corrected chi connectivity index (χ3v) is 5.50. The van der Waals surface area contributed by atoms with Gasteiger partial charge in [-0.2, -0.15) is 0 Å². The van der Waals surface area contributed by atoms with Crippen LogP contribution in [-0.4, -0.2) is 17.0 Å². The summed E-state index contributed by atoms with van der Waals surface area (Å²) in [5.74, 6) is -1.48. The Kier molecular flexibility index (Phi) is 5.39. The molecule has 2 N–H and O–H groups in total. The minimum atomic E-state index is -0.837. The van der Waals surface area contributed by atoms with E-state index in [1.807, 2.05) is 5.38 Å². The topological polar surface area (TPSA) is 66.4 Å². The van der Waals surface area contributed by atoms with Gasteiger partial charge in [-0.25, -0.2) is 0 Å². The summed E-state index contributed by atoms with van der Waals surface area (Å²) in [5, 5.41) is 14.3. The van der Waals surface area contributed by atoms with Gasteiger partial charge in [-0.05, 0) is 42.2 Å². The lowest BCUT2D eigenvalue weighted by atomic mass is 9.95. The van der Waals surface area contributed by atoms with Crippen molar-refractivity contribution >= 4 is 23.2 Å². The normalized spacial score (nSPS) is 25.0. The molecule has 5 heteroatoms. The molecule has 1 heterocycles. The number of carbonyl (C=O) groups excluding carboxylic acids is 1. The van der Waals surface area contributed by atoms with E-state index in [1.54, 1.807) is 11.3 Å². The van der Waals surface area contributed by atoms with Crippen LogP contribution in [0.1, 0.15) is 43.6 Å². The monoisotopic (exact) mass is 309 g/mol. The van der Waals surface area contributed by atoms with Crippen molar-refractivity contribution in [1.29, 1.82) is 0 Å². The largest absolute Gasteiger partial charge is 0.481 e. The number of hydrogen-bond acceptors (Lipinski definition) is 3. The van der Waals surface area contributed by atoms with Gasteiger partial charge in [0.05, 0.1) is 18.4 Å². The van der Waals surface area contributed by atoms with Gasteiger partial charge in [0.1, 0.15) is 0 Å². The maximum Gasteiger partial charge on any atom is 0.307 e. The fourth-order valence-electron chi connectivity index (χ4n) is 3.17. The molecule has 1 saturated carbocycles. The zero-order valence-electron chi connectivity index (χ0n) is 12.6. The van der Waals surface area contributed by atoms with Crippen LogP contribution < -0.4 is 5.32 Å². The average molecular weight is 309 g/mol. The molecule has 0 aromatic carbocycles. The molecule has 1 aliphatic carbocycles. The Balaban J connectivity index is 1.97. The van der Waals surface area contributed by atoms with Crippen LogP contribution in [0.5, 0.6) is 0 Å². The second-order valence-corrected chi connectivity index (χ2v) is 6.74. The van der Waals surface area contributed by atoms with Crippen molar-refractivity contribution in [2.75, 3.05) is 0 Å². The van der Waals surface area contributed by atoms with E-state index in [9.17, 15) is 14.7 Å². The number of thiophene rings is 1. The Bertz CT molecular complexity index is 511. The van der Waals surface area contributed by atoms with Crippen LogP contribution in [0.4, 0.5) is 0 Å². The number of rotatable bonds is 6. The van der Waals surface area contributed by atoms with Gasteiger partial charge in [-0.15, -0.1) is 11.3 Å². The lowest BCUT2D eigenvalue weighted by molar-refractivity contribution is -0.146. The summed E-state index contributed by atoms with van der Waals surface area (Å²) in [6.07, 6.45) is 3.22. The molecule has 0 saturated heterocycles. The highest BCUT2D eigenvalue weighted by molar-refractivity contribution is 7.10. The van der Waals surface area contributed by atoms with Gasteiger partial charge in [0, 0.05) is 4.88 Å². The van der Waals surface area contributed by atoms with Gasteiger partial charge < -0.3 is 10.4 Å². The van der Waals surface area contributed by atoms with Crippen LogP contribution in [0.15, 0.2) is 11.4 Å². The highest BCUT2D eigenvalue weighted by atomic mass is 32.1. The Morgan fingerprint density at radius 2 is 2.05 bits per heavy atom. The van der Waals surface area contributed by atoms with Crippen LogP contribution >= 0.6 is 11.3 Å². The number of hydrogen-bond donors (Lipinski definition) is 2. The summed E-state index contributed by atoms with van der Waals surface area (Å²) >= 11 is 1.64. The number of carboxylic acid groups (broad SMARTS) is 1. The fourth-order valence-corrected chi connectivity index (χ4v) is 4.09. The predicted octanol–water partition coefficient (Wildman–Crippen LogP) is 3.06. The third kappa shape index (κ3) is 3.64. The zero-order valence-corrected chi connectivity index (χ0v) is 13.4. The first kappa shape index (κ1) is 16.0. The summed E-state index contributed by atoms with van der Waals surface area (Å²) in [5.41, 5.74) is 1.26. The predicted molar refractivity (Wildman–Crippen MR) is 83.2 cm³/mol. The SMILES string of the molecule is CCc1ccsc1CNC(=O)[C@H]1CC(CC)C[C@H]1C(=O)O. The molecule has 1 aliphatic rings. The minimum absolute atomic E-state index is 0.103.